The van der Waals surface area contributed by atoms with Crippen molar-refractivity contribution in [3.05, 3.63) is 89.5 Å². The number of carbonyl (C=O) groups is 1. The van der Waals surface area contributed by atoms with Crippen molar-refractivity contribution in [2.45, 2.75) is 18.7 Å². The van der Waals surface area contributed by atoms with E-state index in [-0.39, 0.29) is 4.90 Å². The summed E-state index contributed by atoms with van der Waals surface area (Å²) < 4.78 is 33.2. The molecule has 0 unspecified atom stereocenters. The summed E-state index contributed by atoms with van der Waals surface area (Å²) in [5.41, 5.74) is 5.23. The van der Waals surface area contributed by atoms with Crippen LogP contribution in [0, 0.1) is 13.8 Å². The number of carbonyl (C=O) groups excluding carboxylic acids is 1. The fourth-order valence-electron chi connectivity index (χ4n) is 3.14. The first-order valence-electron chi connectivity index (χ1n) is 9.93. The van der Waals surface area contributed by atoms with E-state index in [1.54, 1.807) is 49.6 Å². The maximum atomic E-state index is 13.4. The molecule has 0 fully saturated rings. The summed E-state index contributed by atoms with van der Waals surface area (Å²) in [5.74, 6) is 0.0331. The van der Waals surface area contributed by atoms with Gasteiger partial charge in [-0.2, -0.15) is 5.10 Å². The number of nitrogens with zero attached hydrogens (tertiary/aromatic N) is 2. The molecule has 32 heavy (non-hydrogen) atoms. The number of hydrogen-bond acceptors (Lipinski definition) is 5. The van der Waals surface area contributed by atoms with E-state index in [1.807, 2.05) is 32.0 Å². The molecule has 3 aromatic rings. The highest BCUT2D eigenvalue weighted by atomic mass is 32.2. The van der Waals surface area contributed by atoms with E-state index in [4.69, 9.17) is 4.74 Å². The molecule has 3 aromatic carbocycles. The van der Waals surface area contributed by atoms with Crippen molar-refractivity contribution >= 4 is 27.8 Å². The van der Waals surface area contributed by atoms with E-state index in [2.05, 4.69) is 10.5 Å². The Morgan fingerprint density at radius 1 is 1.00 bits per heavy atom. The molecular weight excluding hydrogens is 426 g/mol. The average molecular weight is 452 g/mol. The minimum Gasteiger partial charge on any atom is -0.496 e. The highest BCUT2D eigenvalue weighted by molar-refractivity contribution is 7.92. The number of aryl methyl sites for hydroxylation is 1. The lowest BCUT2D eigenvalue weighted by atomic mass is 10.1. The third kappa shape index (κ3) is 5.15. The van der Waals surface area contributed by atoms with Crippen molar-refractivity contribution in [2.24, 2.45) is 5.10 Å². The number of hydrazone groups is 1. The summed E-state index contributed by atoms with van der Waals surface area (Å²) in [5, 5.41) is 3.97. The van der Waals surface area contributed by atoms with Crippen molar-refractivity contribution in [1.82, 2.24) is 5.43 Å². The van der Waals surface area contributed by atoms with Crippen LogP contribution in [0.3, 0.4) is 0 Å². The molecule has 1 N–H and O–H groups in total. The fourth-order valence-corrected chi connectivity index (χ4v) is 4.64. The second kappa shape index (κ2) is 10.1. The number of ether oxygens (including phenoxy) is 1. The van der Waals surface area contributed by atoms with Gasteiger partial charge in [-0.15, -0.1) is 0 Å². The van der Waals surface area contributed by atoms with E-state index in [1.165, 1.54) is 18.3 Å². The van der Waals surface area contributed by atoms with Crippen LogP contribution in [0.4, 0.5) is 5.69 Å². The quantitative estimate of drug-likeness (QED) is 0.418. The number of hydrogen-bond donors (Lipinski definition) is 1. The second-order valence-corrected chi connectivity index (χ2v) is 8.94. The van der Waals surface area contributed by atoms with E-state index >= 15 is 0 Å². The lowest BCUT2D eigenvalue weighted by molar-refractivity contribution is -0.119. The van der Waals surface area contributed by atoms with Gasteiger partial charge in [0.1, 0.15) is 12.3 Å². The van der Waals surface area contributed by atoms with Gasteiger partial charge in [-0.1, -0.05) is 42.5 Å². The normalized spacial score (nSPS) is 11.3. The summed E-state index contributed by atoms with van der Waals surface area (Å²) in [6.07, 6.45) is 1.45. The van der Waals surface area contributed by atoms with Crippen LogP contribution in [0.5, 0.6) is 5.75 Å². The van der Waals surface area contributed by atoms with E-state index < -0.39 is 22.5 Å². The Bertz CT molecular complexity index is 1230. The van der Waals surface area contributed by atoms with Crippen molar-refractivity contribution in [3.8, 4) is 5.75 Å². The number of nitrogens with one attached hydrogen (secondary N) is 1. The van der Waals surface area contributed by atoms with Crippen LogP contribution in [0.1, 0.15) is 16.7 Å². The number of methoxy groups -OCH3 is 1. The van der Waals surface area contributed by atoms with E-state index in [0.29, 0.717) is 17.0 Å². The lowest BCUT2D eigenvalue weighted by Gasteiger charge is -2.26. The van der Waals surface area contributed by atoms with Crippen LogP contribution >= 0.6 is 0 Å². The molecule has 0 saturated carbocycles. The Kier molecular flexibility index (Phi) is 7.27. The van der Waals surface area contributed by atoms with Crippen molar-refractivity contribution in [3.63, 3.8) is 0 Å². The van der Waals surface area contributed by atoms with Gasteiger partial charge in [-0.3, -0.25) is 9.10 Å². The first kappa shape index (κ1) is 23.0. The van der Waals surface area contributed by atoms with Gasteiger partial charge in [0.2, 0.25) is 0 Å². The van der Waals surface area contributed by atoms with Crippen molar-refractivity contribution < 1.29 is 17.9 Å². The molecule has 0 heterocycles. The smallest absolute Gasteiger partial charge is 0.264 e. The Morgan fingerprint density at radius 3 is 2.41 bits per heavy atom. The Balaban J connectivity index is 1.88. The minimum absolute atomic E-state index is 0.103. The first-order valence-corrected chi connectivity index (χ1v) is 11.4. The molecular formula is C24H25N3O4S. The molecule has 0 atom stereocenters. The average Bonchev–Trinajstić information content (AvgIpc) is 2.80. The van der Waals surface area contributed by atoms with Gasteiger partial charge < -0.3 is 4.74 Å². The maximum absolute atomic E-state index is 13.4. The summed E-state index contributed by atoms with van der Waals surface area (Å²) in [7, 11) is -2.43. The molecule has 1 amide bonds. The van der Waals surface area contributed by atoms with Crippen LogP contribution in [-0.2, 0) is 14.8 Å². The number of benzene rings is 3. The Morgan fingerprint density at radius 2 is 1.69 bits per heavy atom. The monoisotopic (exact) mass is 451 g/mol. The van der Waals surface area contributed by atoms with Gasteiger partial charge in [-0.05, 0) is 55.3 Å². The number of sulfonamides is 1. The number of para-hydroxylation sites is 1. The SMILES string of the molecule is COc1ccccc1/C=N\NC(=O)CN(c1cccc(C)c1C)S(=O)(=O)c1ccccc1. The molecule has 0 radical (unpaired) electrons. The molecule has 0 aliphatic heterocycles. The third-order valence-electron chi connectivity index (χ3n) is 4.99. The van der Waals surface area contributed by atoms with Crippen LogP contribution in [0.2, 0.25) is 0 Å². The molecule has 8 heteroatoms. The largest absolute Gasteiger partial charge is 0.496 e. The highest BCUT2D eigenvalue weighted by Crippen LogP contribution is 2.28. The molecule has 7 nitrogen and oxygen atoms in total. The second-order valence-electron chi connectivity index (χ2n) is 7.08. The highest BCUT2D eigenvalue weighted by Gasteiger charge is 2.28. The zero-order chi connectivity index (χ0) is 23.1. The Labute approximate surface area is 188 Å². The predicted molar refractivity (Wildman–Crippen MR) is 126 cm³/mol. The van der Waals surface area contributed by atoms with Crippen LogP contribution in [0.15, 0.2) is 82.8 Å². The minimum atomic E-state index is -3.98. The first-order chi connectivity index (χ1) is 15.3. The molecule has 0 aliphatic carbocycles. The van der Waals surface area contributed by atoms with Gasteiger partial charge in [-0.25, -0.2) is 13.8 Å². The van der Waals surface area contributed by atoms with Crippen LogP contribution in [-0.4, -0.2) is 34.2 Å². The topological polar surface area (TPSA) is 88.1 Å². The molecule has 0 aromatic heterocycles. The predicted octanol–water partition coefficient (Wildman–Crippen LogP) is 3.66. The van der Waals surface area contributed by atoms with Crippen LogP contribution < -0.4 is 14.5 Å². The summed E-state index contributed by atoms with van der Waals surface area (Å²) >= 11 is 0. The zero-order valence-corrected chi connectivity index (χ0v) is 19.0. The zero-order valence-electron chi connectivity index (χ0n) is 18.1. The maximum Gasteiger partial charge on any atom is 0.264 e. The third-order valence-corrected chi connectivity index (χ3v) is 6.77. The summed E-state index contributed by atoms with van der Waals surface area (Å²) in [4.78, 5) is 12.8. The molecule has 166 valence electrons. The number of rotatable bonds is 8. The van der Waals surface area contributed by atoms with Crippen molar-refractivity contribution in [2.75, 3.05) is 18.0 Å². The fraction of sp³-hybridized carbons (Fsp3) is 0.167. The summed E-state index contributed by atoms with van der Waals surface area (Å²) in [6, 6.07) is 20.6. The van der Waals surface area contributed by atoms with E-state index in [0.717, 1.165) is 15.4 Å². The van der Waals surface area contributed by atoms with Crippen molar-refractivity contribution in [1.29, 1.82) is 0 Å². The Hall–Kier alpha value is -3.65. The molecule has 0 saturated heterocycles. The standard InChI is InChI=1S/C24H25N3O4S/c1-18-10-9-14-22(19(18)2)27(32(29,30)21-12-5-4-6-13-21)17-24(28)26-25-16-20-11-7-8-15-23(20)31-3/h4-16H,17H2,1-3H3,(H,26,28)/b25-16-. The lowest BCUT2D eigenvalue weighted by Crippen LogP contribution is -2.40. The molecule has 3 rings (SSSR count). The number of anilines is 1. The van der Waals surface area contributed by atoms with Gasteiger partial charge in [0.25, 0.3) is 15.9 Å². The van der Waals surface area contributed by atoms with E-state index in [9.17, 15) is 13.2 Å². The van der Waals surface area contributed by atoms with Gasteiger partial charge >= 0.3 is 0 Å². The molecule has 0 spiro atoms. The van der Waals surface area contributed by atoms with Gasteiger partial charge in [0, 0.05) is 5.56 Å². The van der Waals surface area contributed by atoms with Gasteiger partial charge in [0.05, 0.1) is 23.9 Å². The molecule has 0 bridgehead atoms. The number of amides is 1. The van der Waals surface area contributed by atoms with Crippen LogP contribution in [0.25, 0.3) is 0 Å². The molecule has 0 aliphatic rings. The van der Waals surface area contributed by atoms with Gasteiger partial charge in [0.15, 0.2) is 0 Å². The summed E-state index contributed by atoms with van der Waals surface area (Å²) in [6.45, 7) is 3.30.